The molecular formula is C19H24BrN3O. The highest BCUT2D eigenvalue weighted by Gasteiger charge is 2.25. The predicted molar refractivity (Wildman–Crippen MR) is 101 cm³/mol. The van der Waals surface area contributed by atoms with E-state index in [0.29, 0.717) is 5.92 Å². The molecule has 1 fully saturated rings. The molecule has 0 aliphatic carbocycles. The van der Waals surface area contributed by atoms with Gasteiger partial charge in [-0.3, -0.25) is 4.79 Å². The molecule has 24 heavy (non-hydrogen) atoms. The van der Waals surface area contributed by atoms with Crippen LogP contribution in [0.1, 0.15) is 34.6 Å². The number of nitrogens with zero attached hydrogens (tertiary/aromatic N) is 2. The zero-order valence-electron chi connectivity index (χ0n) is 14.3. The summed E-state index contributed by atoms with van der Waals surface area (Å²) in [5.74, 6) is 0.697. The van der Waals surface area contributed by atoms with Gasteiger partial charge >= 0.3 is 0 Å². The van der Waals surface area contributed by atoms with Crippen LogP contribution in [0.15, 0.2) is 34.8 Å². The smallest absolute Gasteiger partial charge is 0.255 e. The number of carbonyl (C=O) groups is 1. The summed E-state index contributed by atoms with van der Waals surface area (Å²) in [5.41, 5.74) is 9.69. The highest BCUT2D eigenvalue weighted by atomic mass is 79.9. The lowest BCUT2D eigenvalue weighted by atomic mass is 9.96. The second kappa shape index (κ2) is 7.11. The minimum atomic E-state index is 0.139. The molecule has 1 amide bonds. The Bertz CT molecular complexity index is 745. The van der Waals surface area contributed by atoms with Gasteiger partial charge in [0, 0.05) is 34.6 Å². The molecule has 4 nitrogen and oxygen atoms in total. The van der Waals surface area contributed by atoms with Crippen molar-refractivity contribution < 1.29 is 4.79 Å². The minimum absolute atomic E-state index is 0.139. The fraction of sp³-hybridized carbons (Fsp3) is 0.421. The van der Waals surface area contributed by atoms with Gasteiger partial charge in [0.15, 0.2) is 0 Å². The Morgan fingerprint density at radius 1 is 1.25 bits per heavy atom. The van der Waals surface area contributed by atoms with Crippen LogP contribution < -0.4 is 5.73 Å². The Hall–Kier alpha value is -1.59. The van der Waals surface area contributed by atoms with Crippen molar-refractivity contribution >= 4 is 21.8 Å². The van der Waals surface area contributed by atoms with Gasteiger partial charge in [0.1, 0.15) is 0 Å². The second-order valence-corrected chi connectivity index (χ2v) is 7.49. The summed E-state index contributed by atoms with van der Waals surface area (Å²) >= 11 is 3.52. The number of rotatable bonds is 3. The van der Waals surface area contributed by atoms with Gasteiger partial charge in [-0.2, -0.15) is 0 Å². The van der Waals surface area contributed by atoms with E-state index in [9.17, 15) is 4.79 Å². The Balaban J connectivity index is 1.88. The Labute approximate surface area is 151 Å². The summed E-state index contributed by atoms with van der Waals surface area (Å²) in [5, 5.41) is 0. The minimum Gasteiger partial charge on any atom is -0.339 e. The van der Waals surface area contributed by atoms with Crippen LogP contribution in [0.2, 0.25) is 0 Å². The maximum Gasteiger partial charge on any atom is 0.255 e. The van der Waals surface area contributed by atoms with Crippen LogP contribution in [0.4, 0.5) is 0 Å². The number of amides is 1. The van der Waals surface area contributed by atoms with E-state index in [2.05, 4.69) is 32.6 Å². The van der Waals surface area contributed by atoms with Crippen LogP contribution in [0.3, 0.4) is 0 Å². The zero-order valence-corrected chi connectivity index (χ0v) is 15.8. The third-order valence-corrected chi connectivity index (χ3v) is 5.46. The summed E-state index contributed by atoms with van der Waals surface area (Å²) in [6, 6.07) is 10.2. The quantitative estimate of drug-likeness (QED) is 0.870. The van der Waals surface area contributed by atoms with Gasteiger partial charge < -0.3 is 15.2 Å². The molecule has 1 aliphatic rings. The second-order valence-electron chi connectivity index (χ2n) is 6.57. The van der Waals surface area contributed by atoms with Crippen LogP contribution in [0.25, 0.3) is 5.69 Å². The average Bonchev–Trinajstić information content (AvgIpc) is 2.89. The van der Waals surface area contributed by atoms with Crippen molar-refractivity contribution in [2.75, 3.05) is 19.6 Å². The maximum absolute atomic E-state index is 13.0. The third kappa shape index (κ3) is 3.28. The van der Waals surface area contributed by atoms with E-state index in [1.807, 2.05) is 36.9 Å². The highest BCUT2D eigenvalue weighted by molar-refractivity contribution is 9.10. The van der Waals surface area contributed by atoms with Gasteiger partial charge in [0.25, 0.3) is 5.91 Å². The standard InChI is InChI=1S/C19H24BrN3O/c1-13-10-18(19(24)22-8-6-15(12-21)7-9-22)14(2)23(13)17-5-3-4-16(20)11-17/h3-5,10-11,15H,6-9,12,21H2,1-2H3. The zero-order chi connectivity index (χ0) is 17.3. The molecule has 0 bridgehead atoms. The lowest BCUT2D eigenvalue weighted by Crippen LogP contribution is -2.40. The molecule has 0 saturated carbocycles. The fourth-order valence-corrected chi connectivity index (χ4v) is 3.92. The molecule has 0 atom stereocenters. The van der Waals surface area contributed by atoms with Gasteiger partial charge in [-0.1, -0.05) is 22.0 Å². The van der Waals surface area contributed by atoms with Gasteiger partial charge in [0.05, 0.1) is 5.56 Å². The summed E-state index contributed by atoms with van der Waals surface area (Å²) < 4.78 is 3.18. The number of piperidine rings is 1. The van der Waals surface area contributed by atoms with E-state index >= 15 is 0 Å². The Morgan fingerprint density at radius 2 is 1.96 bits per heavy atom. The van der Waals surface area contributed by atoms with Crippen LogP contribution in [0, 0.1) is 19.8 Å². The predicted octanol–water partition coefficient (Wildman–Crippen LogP) is 3.67. The SMILES string of the molecule is Cc1cc(C(=O)N2CCC(CN)CC2)c(C)n1-c1cccc(Br)c1. The van der Waals surface area contributed by atoms with Gasteiger partial charge in [-0.05, 0) is 63.4 Å². The van der Waals surface area contributed by atoms with Crippen LogP contribution in [-0.2, 0) is 0 Å². The molecule has 0 spiro atoms. The van der Waals surface area contributed by atoms with E-state index in [1.54, 1.807) is 0 Å². The highest BCUT2D eigenvalue weighted by Crippen LogP contribution is 2.25. The molecular weight excluding hydrogens is 366 g/mol. The summed E-state index contributed by atoms with van der Waals surface area (Å²) in [6.07, 6.45) is 2.01. The number of aromatic nitrogens is 1. The van der Waals surface area contributed by atoms with E-state index in [4.69, 9.17) is 5.73 Å². The molecule has 0 unspecified atom stereocenters. The van der Waals surface area contributed by atoms with Crippen LogP contribution >= 0.6 is 15.9 Å². The first-order chi connectivity index (χ1) is 11.5. The van der Waals surface area contributed by atoms with Crippen molar-refractivity contribution in [2.24, 2.45) is 11.7 Å². The molecule has 2 heterocycles. The molecule has 1 saturated heterocycles. The van der Waals surface area contributed by atoms with E-state index in [-0.39, 0.29) is 5.91 Å². The molecule has 5 heteroatoms. The molecule has 128 valence electrons. The first-order valence-electron chi connectivity index (χ1n) is 8.45. The number of benzene rings is 1. The average molecular weight is 390 g/mol. The Kier molecular flexibility index (Phi) is 5.11. The molecule has 3 rings (SSSR count). The number of likely N-dealkylation sites (tertiary alicyclic amines) is 1. The third-order valence-electron chi connectivity index (χ3n) is 4.96. The number of hydrogen-bond acceptors (Lipinski definition) is 2. The van der Waals surface area contributed by atoms with Crippen LogP contribution in [-0.4, -0.2) is 35.0 Å². The first kappa shape index (κ1) is 17.2. The largest absolute Gasteiger partial charge is 0.339 e. The molecule has 0 radical (unpaired) electrons. The number of nitrogens with two attached hydrogens (primary N) is 1. The van der Waals surface area contributed by atoms with Crippen molar-refractivity contribution in [1.29, 1.82) is 0 Å². The van der Waals surface area contributed by atoms with Crippen molar-refractivity contribution in [3.63, 3.8) is 0 Å². The van der Waals surface area contributed by atoms with Crippen molar-refractivity contribution in [2.45, 2.75) is 26.7 Å². The number of aryl methyl sites for hydroxylation is 1. The van der Waals surface area contributed by atoms with Gasteiger partial charge in [-0.25, -0.2) is 0 Å². The summed E-state index contributed by atoms with van der Waals surface area (Å²) in [6.45, 7) is 6.40. The molecule has 1 aliphatic heterocycles. The van der Waals surface area contributed by atoms with E-state index in [1.165, 1.54) is 0 Å². The number of hydrogen-bond donors (Lipinski definition) is 1. The lowest BCUT2D eigenvalue weighted by molar-refractivity contribution is 0.0692. The summed E-state index contributed by atoms with van der Waals surface area (Å²) in [4.78, 5) is 14.9. The van der Waals surface area contributed by atoms with Crippen molar-refractivity contribution in [3.05, 3.63) is 51.8 Å². The molecule has 1 aromatic carbocycles. The van der Waals surface area contributed by atoms with Gasteiger partial charge in [0.2, 0.25) is 0 Å². The van der Waals surface area contributed by atoms with E-state index < -0.39 is 0 Å². The monoisotopic (exact) mass is 389 g/mol. The Morgan fingerprint density at radius 3 is 2.58 bits per heavy atom. The summed E-state index contributed by atoms with van der Waals surface area (Å²) in [7, 11) is 0. The normalized spacial score (nSPS) is 15.8. The van der Waals surface area contributed by atoms with E-state index in [0.717, 1.165) is 59.6 Å². The molecule has 1 aromatic heterocycles. The topological polar surface area (TPSA) is 51.3 Å². The number of halogens is 1. The first-order valence-corrected chi connectivity index (χ1v) is 9.24. The van der Waals surface area contributed by atoms with Gasteiger partial charge in [-0.15, -0.1) is 0 Å². The molecule has 2 aromatic rings. The number of carbonyl (C=O) groups excluding carboxylic acids is 1. The maximum atomic E-state index is 13.0. The molecule has 2 N–H and O–H groups in total. The van der Waals surface area contributed by atoms with Crippen molar-refractivity contribution in [1.82, 2.24) is 9.47 Å². The lowest BCUT2D eigenvalue weighted by Gasteiger charge is -2.31. The van der Waals surface area contributed by atoms with Crippen molar-refractivity contribution in [3.8, 4) is 5.69 Å². The fourth-order valence-electron chi connectivity index (χ4n) is 3.53. The van der Waals surface area contributed by atoms with Crippen LogP contribution in [0.5, 0.6) is 0 Å².